The summed E-state index contributed by atoms with van der Waals surface area (Å²) in [5, 5.41) is 12.7. The Hall–Kier alpha value is -5.97. The lowest BCUT2D eigenvalue weighted by molar-refractivity contribution is -0.134. The molecule has 3 amide bonds. The highest BCUT2D eigenvalue weighted by Gasteiger charge is 2.38. The highest BCUT2D eigenvalue weighted by Crippen LogP contribution is 2.48. The van der Waals surface area contributed by atoms with E-state index < -0.39 is 0 Å². The fourth-order valence-electron chi connectivity index (χ4n) is 10.6. The van der Waals surface area contributed by atoms with Crippen LogP contribution in [0.25, 0.3) is 33.8 Å². The molecule has 5 aliphatic rings. The first kappa shape index (κ1) is 43.9. The van der Waals surface area contributed by atoms with E-state index in [4.69, 9.17) is 25.3 Å². The van der Waals surface area contributed by atoms with Gasteiger partial charge in [0.2, 0.25) is 17.7 Å². The molecule has 5 aromatic rings. The maximum Gasteiger partial charge on any atom is 0.249 e. The molecule has 66 heavy (non-hydrogen) atoms. The first-order valence-corrected chi connectivity index (χ1v) is 24.3. The van der Waals surface area contributed by atoms with Gasteiger partial charge in [-0.1, -0.05) is 30.5 Å². The van der Waals surface area contributed by atoms with Crippen LogP contribution in [0.1, 0.15) is 127 Å². The summed E-state index contributed by atoms with van der Waals surface area (Å²) in [5.74, 6) is 2.14. The number of aromatic nitrogens is 7. The molecule has 3 saturated heterocycles. The van der Waals surface area contributed by atoms with Crippen molar-refractivity contribution < 1.29 is 18.9 Å². The smallest absolute Gasteiger partial charge is 0.249 e. The molecule has 0 bridgehead atoms. The van der Waals surface area contributed by atoms with Crippen LogP contribution in [0.15, 0.2) is 41.4 Å². The summed E-state index contributed by atoms with van der Waals surface area (Å²) in [6.07, 6.45) is 17.2. The monoisotopic (exact) mass is 898 g/mol. The van der Waals surface area contributed by atoms with Crippen LogP contribution in [-0.2, 0) is 26.3 Å². The normalized spacial score (nSPS) is 19.8. The lowest BCUT2D eigenvalue weighted by Gasteiger charge is -2.37. The fourth-order valence-corrected chi connectivity index (χ4v) is 10.6. The van der Waals surface area contributed by atoms with E-state index in [1.165, 1.54) is 30.4 Å². The molecule has 17 heteroatoms. The number of carbonyl (C=O) groups excluding carboxylic acids is 3. The number of nitrogens with zero attached hydrogens (tertiary/aromatic N) is 11. The Labute approximate surface area is 385 Å². The Bertz CT molecular complexity index is 2580. The lowest BCUT2D eigenvalue weighted by atomic mass is 9.91. The number of imide groups is 1. The van der Waals surface area contributed by atoms with Crippen molar-refractivity contribution in [3.8, 4) is 22.8 Å². The Morgan fingerprint density at radius 1 is 0.818 bits per heavy atom. The fraction of sp³-hybridized carbons (Fsp3) is 0.571. The Balaban J connectivity index is 0.651. The van der Waals surface area contributed by atoms with E-state index in [1.54, 1.807) is 0 Å². The van der Waals surface area contributed by atoms with Crippen LogP contribution in [0.2, 0.25) is 0 Å². The predicted octanol–water partition coefficient (Wildman–Crippen LogP) is 6.19. The van der Waals surface area contributed by atoms with Gasteiger partial charge in [-0.3, -0.25) is 24.6 Å². The minimum atomic E-state index is -0.361. The maximum absolute atomic E-state index is 13.2. The van der Waals surface area contributed by atoms with E-state index in [0.29, 0.717) is 53.3 Å². The van der Waals surface area contributed by atoms with E-state index in [-0.39, 0.29) is 41.1 Å². The number of anilines is 3. The third kappa shape index (κ3) is 8.85. The van der Waals surface area contributed by atoms with E-state index in [9.17, 15) is 14.4 Å². The van der Waals surface area contributed by atoms with Gasteiger partial charge in [-0.05, 0) is 102 Å². The van der Waals surface area contributed by atoms with E-state index in [0.717, 1.165) is 126 Å². The van der Waals surface area contributed by atoms with Crippen molar-refractivity contribution in [2.24, 2.45) is 0 Å². The van der Waals surface area contributed by atoms with Crippen molar-refractivity contribution in [2.75, 3.05) is 67.9 Å². The molecule has 1 aliphatic carbocycles. The number of hydrogen-bond donors (Lipinski definition) is 2. The Morgan fingerprint density at radius 2 is 1.56 bits per heavy atom. The van der Waals surface area contributed by atoms with Gasteiger partial charge >= 0.3 is 0 Å². The molecular formula is C49H63N13O4. The maximum atomic E-state index is 13.2. The largest absolute Gasteiger partial charge is 0.383 e. The summed E-state index contributed by atoms with van der Waals surface area (Å²) in [7, 11) is 0. The number of nitrogens with one attached hydrogen (secondary N) is 1. The van der Waals surface area contributed by atoms with Crippen LogP contribution in [0.4, 0.5) is 17.2 Å². The molecule has 348 valence electrons. The van der Waals surface area contributed by atoms with Crippen LogP contribution in [0, 0.1) is 0 Å². The molecule has 4 fully saturated rings. The van der Waals surface area contributed by atoms with E-state index in [1.807, 2.05) is 22.0 Å². The Kier molecular flexibility index (Phi) is 12.2. The van der Waals surface area contributed by atoms with Crippen molar-refractivity contribution in [2.45, 2.75) is 128 Å². The summed E-state index contributed by atoms with van der Waals surface area (Å²) in [6.45, 7) is 13.7. The average molecular weight is 898 g/mol. The quantitative estimate of drug-likeness (QED) is 0.0945. The van der Waals surface area contributed by atoms with Crippen molar-refractivity contribution in [3.05, 3.63) is 53.8 Å². The third-order valence-electron chi connectivity index (χ3n) is 14.4. The van der Waals surface area contributed by atoms with Gasteiger partial charge in [0.1, 0.15) is 29.6 Å². The minimum Gasteiger partial charge on any atom is -0.383 e. The first-order valence-electron chi connectivity index (χ1n) is 24.3. The molecular weight excluding hydrogens is 835 g/mol. The Morgan fingerprint density at radius 3 is 2.30 bits per heavy atom. The molecule has 1 saturated carbocycles. The number of piperidine rings is 2. The van der Waals surface area contributed by atoms with Gasteiger partial charge in [0.25, 0.3) is 0 Å². The summed E-state index contributed by atoms with van der Waals surface area (Å²) >= 11 is 0. The zero-order chi connectivity index (χ0) is 45.5. The topological polar surface area (TPSA) is 198 Å². The minimum absolute atomic E-state index is 0.169. The number of hydrogen-bond acceptors (Lipinski definition) is 14. The molecule has 4 aliphatic heterocycles. The van der Waals surface area contributed by atoms with Crippen molar-refractivity contribution in [1.29, 1.82) is 0 Å². The molecule has 1 unspecified atom stereocenters. The number of benzene rings is 1. The number of amides is 3. The molecule has 4 aromatic heterocycles. The number of likely N-dealkylation sites (tertiary alicyclic amines) is 1. The molecule has 3 N–H and O–H groups in total. The second-order valence-corrected chi connectivity index (χ2v) is 20.0. The van der Waals surface area contributed by atoms with Crippen LogP contribution in [0.5, 0.6) is 0 Å². The molecule has 1 atom stereocenters. The van der Waals surface area contributed by atoms with E-state index >= 15 is 0 Å². The summed E-state index contributed by atoms with van der Waals surface area (Å²) in [6, 6.07) is 6.20. The highest BCUT2D eigenvalue weighted by molar-refractivity contribution is 6.02. The summed E-state index contributed by atoms with van der Waals surface area (Å²) < 4.78 is 7.86. The highest BCUT2D eigenvalue weighted by atomic mass is 16.5. The van der Waals surface area contributed by atoms with Gasteiger partial charge in [0.15, 0.2) is 17.2 Å². The van der Waals surface area contributed by atoms with Crippen molar-refractivity contribution >= 4 is 45.9 Å². The molecule has 0 spiro atoms. The molecule has 8 heterocycles. The van der Waals surface area contributed by atoms with Gasteiger partial charge in [-0.15, -0.1) is 0 Å². The van der Waals surface area contributed by atoms with Crippen LogP contribution >= 0.6 is 0 Å². The number of fused-ring (bicyclic) bond motifs is 2. The zero-order valence-electron chi connectivity index (χ0n) is 38.7. The third-order valence-corrected chi connectivity index (χ3v) is 14.4. The van der Waals surface area contributed by atoms with Crippen LogP contribution in [-0.4, -0.2) is 121 Å². The van der Waals surface area contributed by atoms with Gasteiger partial charge in [0, 0.05) is 93.9 Å². The van der Waals surface area contributed by atoms with Gasteiger partial charge in [0.05, 0.1) is 16.5 Å². The number of piperazine rings is 1. The second kappa shape index (κ2) is 18.4. The molecule has 17 nitrogen and oxygen atoms in total. The van der Waals surface area contributed by atoms with Gasteiger partial charge in [-0.2, -0.15) is 5.10 Å². The summed E-state index contributed by atoms with van der Waals surface area (Å²) in [5.41, 5.74) is 13.4. The SMILES string of the molecule is CC(C)(C)n1nc(-c2noc(C3CC3)c2-c2ncc(C3CCN(C(=O)CCCCCCCN4CCN(c5cccc6c5CCN6C5CCC(=O)NC5=O)CC4)CC3)cn2)c2c(N)ncnc21. The first-order chi connectivity index (χ1) is 32.0. The lowest BCUT2D eigenvalue weighted by Crippen LogP contribution is -2.52. The van der Waals surface area contributed by atoms with E-state index in [2.05, 4.69) is 74.1 Å². The van der Waals surface area contributed by atoms with Gasteiger partial charge < -0.3 is 25.0 Å². The number of unbranched alkanes of at least 4 members (excludes halogenated alkanes) is 4. The number of nitrogen functional groups attached to an aromatic ring is 1. The zero-order valence-corrected chi connectivity index (χ0v) is 38.7. The molecule has 10 rings (SSSR count). The number of rotatable bonds is 14. The number of nitrogens with two attached hydrogens (primary N) is 1. The van der Waals surface area contributed by atoms with Gasteiger partial charge in [-0.25, -0.2) is 24.6 Å². The predicted molar refractivity (Wildman–Crippen MR) is 252 cm³/mol. The van der Waals surface area contributed by atoms with Crippen LogP contribution in [0.3, 0.4) is 0 Å². The summed E-state index contributed by atoms with van der Waals surface area (Å²) in [4.78, 5) is 65.5. The second-order valence-electron chi connectivity index (χ2n) is 20.0. The van der Waals surface area contributed by atoms with Crippen molar-refractivity contribution in [1.82, 2.24) is 50.0 Å². The molecule has 1 aromatic carbocycles. The number of carbonyl (C=O) groups is 3. The standard InChI is InChI=1S/C49H63N13O4/c1-49(2,3)62-47-41(45(50)53-30-54-47)42(56-62)43-40(44(66-57-43)32-13-14-32)46-51-28-33(29-52-46)31-17-21-60(22-18-31)39(64)12-7-5-4-6-8-20-58-24-26-59(27-25-58)35-10-9-11-36-34(35)19-23-61(36)37-15-16-38(63)55-48(37)65/h9-11,28-32,37H,4-8,12-27H2,1-3H3,(H2,50,53,54)(H,55,63,65). The van der Waals surface area contributed by atoms with Crippen LogP contribution < -0.4 is 20.9 Å². The van der Waals surface area contributed by atoms with Crippen molar-refractivity contribution in [3.63, 3.8) is 0 Å². The average Bonchev–Trinajstić information content (AvgIpc) is 3.71. The molecule has 0 radical (unpaired) electrons.